The van der Waals surface area contributed by atoms with Gasteiger partial charge in [0.25, 0.3) is 5.89 Å². The lowest BCUT2D eigenvalue weighted by molar-refractivity contribution is -0.159. The first-order valence-corrected chi connectivity index (χ1v) is 11.9. The van der Waals surface area contributed by atoms with E-state index in [1.165, 1.54) is 19.3 Å². The normalized spacial score (nSPS) is 34.1. The SMILES string of the molecule is O=C(N1CCN(Cc2nnc(-c3cccs3)o2)CC1)C12CC3CC(CC(C3)C1)C2. The van der Waals surface area contributed by atoms with Gasteiger partial charge in [-0.1, -0.05) is 6.07 Å². The summed E-state index contributed by atoms with van der Waals surface area (Å²) < 4.78 is 5.84. The molecule has 0 radical (unpaired) electrons. The molecule has 154 valence electrons. The van der Waals surface area contributed by atoms with Crippen LogP contribution in [0.3, 0.4) is 0 Å². The Kier molecular flexibility index (Phi) is 4.31. The van der Waals surface area contributed by atoms with Gasteiger partial charge >= 0.3 is 0 Å². The molecule has 7 heteroatoms. The van der Waals surface area contributed by atoms with Crippen molar-refractivity contribution < 1.29 is 9.21 Å². The molecule has 3 heterocycles. The Labute approximate surface area is 175 Å². The van der Waals surface area contributed by atoms with Crippen molar-refractivity contribution in [3.05, 3.63) is 23.4 Å². The van der Waals surface area contributed by atoms with Gasteiger partial charge in [0.05, 0.1) is 16.8 Å². The molecule has 5 fully saturated rings. The Morgan fingerprint density at radius 1 is 1.07 bits per heavy atom. The number of amides is 1. The van der Waals surface area contributed by atoms with E-state index in [0.717, 1.165) is 68.1 Å². The predicted octanol–water partition coefficient (Wildman–Crippen LogP) is 3.66. The van der Waals surface area contributed by atoms with Crippen LogP contribution in [-0.4, -0.2) is 52.1 Å². The molecule has 0 N–H and O–H groups in total. The number of hydrogen-bond acceptors (Lipinski definition) is 6. The molecule has 2 aromatic rings. The molecular formula is C22H28N4O2S. The molecule has 29 heavy (non-hydrogen) atoms. The van der Waals surface area contributed by atoms with Crippen molar-refractivity contribution in [1.29, 1.82) is 0 Å². The molecule has 0 atom stereocenters. The van der Waals surface area contributed by atoms with E-state index in [0.29, 0.717) is 24.2 Å². The lowest BCUT2D eigenvalue weighted by Gasteiger charge is -2.57. The highest BCUT2D eigenvalue weighted by Crippen LogP contribution is 2.60. The molecule has 4 bridgehead atoms. The minimum absolute atomic E-state index is 0.0149. The standard InChI is InChI=1S/C22H28N4O2S/c27-21(22-11-15-8-16(12-22)10-17(9-15)13-22)26-5-3-25(4-6-26)14-19-23-24-20(28-19)18-2-1-7-29-18/h1-2,7,15-17H,3-6,8-14H2. The van der Waals surface area contributed by atoms with Crippen LogP contribution in [0.25, 0.3) is 10.8 Å². The summed E-state index contributed by atoms with van der Waals surface area (Å²) in [5.74, 6) is 4.19. The zero-order valence-corrected chi connectivity index (χ0v) is 17.6. The summed E-state index contributed by atoms with van der Waals surface area (Å²) in [6.45, 7) is 4.08. The molecule has 4 saturated carbocycles. The van der Waals surface area contributed by atoms with Gasteiger partial charge in [0.15, 0.2) is 0 Å². The summed E-state index contributed by atoms with van der Waals surface area (Å²) >= 11 is 1.61. The maximum absolute atomic E-state index is 13.5. The lowest BCUT2D eigenvalue weighted by Crippen LogP contribution is -2.58. The van der Waals surface area contributed by atoms with Crippen LogP contribution in [0.15, 0.2) is 21.9 Å². The van der Waals surface area contributed by atoms with Gasteiger partial charge in [-0.05, 0) is 67.7 Å². The van der Waals surface area contributed by atoms with Crippen molar-refractivity contribution >= 4 is 17.2 Å². The zero-order chi connectivity index (χ0) is 19.4. The van der Waals surface area contributed by atoms with E-state index in [-0.39, 0.29) is 5.41 Å². The Morgan fingerprint density at radius 3 is 2.38 bits per heavy atom. The second-order valence-electron chi connectivity index (χ2n) is 9.74. The molecule has 4 aliphatic carbocycles. The fourth-order valence-electron chi connectivity index (χ4n) is 6.83. The van der Waals surface area contributed by atoms with Crippen molar-refractivity contribution in [2.45, 2.75) is 45.1 Å². The summed E-state index contributed by atoms with van der Waals surface area (Å²) in [6, 6.07) is 3.99. The lowest BCUT2D eigenvalue weighted by atomic mass is 9.49. The molecule has 0 unspecified atom stereocenters. The van der Waals surface area contributed by atoms with Crippen molar-refractivity contribution in [3.63, 3.8) is 0 Å². The number of piperazine rings is 1. The maximum Gasteiger partial charge on any atom is 0.257 e. The molecule has 0 aromatic carbocycles. The smallest absolute Gasteiger partial charge is 0.257 e. The summed E-state index contributed by atoms with van der Waals surface area (Å²) in [5.41, 5.74) is -0.0149. The summed E-state index contributed by atoms with van der Waals surface area (Å²) in [4.78, 5) is 19.0. The average molecular weight is 413 g/mol. The molecule has 1 saturated heterocycles. The van der Waals surface area contributed by atoms with E-state index in [1.807, 2.05) is 17.5 Å². The van der Waals surface area contributed by atoms with Gasteiger partial charge in [0, 0.05) is 26.2 Å². The van der Waals surface area contributed by atoms with Gasteiger partial charge in [0.2, 0.25) is 11.8 Å². The van der Waals surface area contributed by atoms with Crippen molar-refractivity contribution in [3.8, 4) is 10.8 Å². The minimum Gasteiger partial charge on any atom is -0.419 e. The minimum atomic E-state index is -0.0149. The third-order valence-electron chi connectivity index (χ3n) is 7.71. The Bertz CT molecular complexity index is 849. The fourth-order valence-corrected chi connectivity index (χ4v) is 7.47. The highest BCUT2D eigenvalue weighted by molar-refractivity contribution is 7.13. The number of carbonyl (C=O) groups is 1. The van der Waals surface area contributed by atoms with E-state index in [4.69, 9.17) is 4.42 Å². The quantitative estimate of drug-likeness (QED) is 0.767. The molecule has 6 nitrogen and oxygen atoms in total. The number of thiophene rings is 1. The Hall–Kier alpha value is -1.73. The summed E-state index contributed by atoms with van der Waals surface area (Å²) in [5, 5.41) is 10.4. The highest BCUT2D eigenvalue weighted by atomic mass is 32.1. The van der Waals surface area contributed by atoms with Crippen LogP contribution in [-0.2, 0) is 11.3 Å². The van der Waals surface area contributed by atoms with Crippen molar-refractivity contribution in [2.24, 2.45) is 23.2 Å². The Morgan fingerprint density at radius 2 is 1.76 bits per heavy atom. The molecule has 7 rings (SSSR count). The third kappa shape index (κ3) is 3.22. The van der Waals surface area contributed by atoms with Gasteiger partial charge in [0.1, 0.15) is 0 Å². The van der Waals surface area contributed by atoms with Gasteiger partial charge < -0.3 is 9.32 Å². The van der Waals surface area contributed by atoms with E-state index in [2.05, 4.69) is 20.0 Å². The molecule has 1 amide bonds. The van der Waals surface area contributed by atoms with Crippen LogP contribution < -0.4 is 0 Å². The molecule has 0 spiro atoms. The van der Waals surface area contributed by atoms with Gasteiger partial charge in [-0.3, -0.25) is 9.69 Å². The van der Waals surface area contributed by atoms with Crippen LogP contribution in [0.2, 0.25) is 0 Å². The van der Waals surface area contributed by atoms with Gasteiger partial charge in [-0.15, -0.1) is 21.5 Å². The highest BCUT2D eigenvalue weighted by Gasteiger charge is 2.55. The van der Waals surface area contributed by atoms with E-state index in [9.17, 15) is 4.79 Å². The van der Waals surface area contributed by atoms with Crippen LogP contribution >= 0.6 is 11.3 Å². The first kappa shape index (κ1) is 18.1. The van der Waals surface area contributed by atoms with Crippen molar-refractivity contribution in [1.82, 2.24) is 20.0 Å². The number of carbonyl (C=O) groups excluding carboxylic acids is 1. The summed E-state index contributed by atoms with van der Waals surface area (Å²) in [6.07, 6.45) is 7.64. The molecule has 2 aromatic heterocycles. The zero-order valence-electron chi connectivity index (χ0n) is 16.8. The molecule has 1 aliphatic heterocycles. The van der Waals surface area contributed by atoms with E-state index >= 15 is 0 Å². The Balaban J connectivity index is 1.07. The molecule has 5 aliphatic rings. The molecular weight excluding hydrogens is 384 g/mol. The largest absolute Gasteiger partial charge is 0.419 e. The van der Waals surface area contributed by atoms with Crippen LogP contribution in [0.1, 0.15) is 44.4 Å². The second kappa shape index (κ2) is 6.91. The van der Waals surface area contributed by atoms with Crippen LogP contribution in [0.5, 0.6) is 0 Å². The third-order valence-corrected chi connectivity index (χ3v) is 8.57. The van der Waals surface area contributed by atoms with Crippen LogP contribution in [0.4, 0.5) is 0 Å². The predicted molar refractivity (Wildman–Crippen MR) is 110 cm³/mol. The first-order valence-electron chi connectivity index (χ1n) is 11.0. The average Bonchev–Trinajstić information content (AvgIpc) is 3.39. The van der Waals surface area contributed by atoms with Crippen molar-refractivity contribution in [2.75, 3.05) is 26.2 Å². The maximum atomic E-state index is 13.5. The van der Waals surface area contributed by atoms with Gasteiger partial charge in [-0.2, -0.15) is 0 Å². The fraction of sp³-hybridized carbons (Fsp3) is 0.682. The monoisotopic (exact) mass is 412 g/mol. The topological polar surface area (TPSA) is 62.5 Å². The second-order valence-corrected chi connectivity index (χ2v) is 10.7. The number of rotatable bonds is 4. The van der Waals surface area contributed by atoms with E-state index < -0.39 is 0 Å². The van der Waals surface area contributed by atoms with E-state index in [1.54, 1.807) is 11.3 Å². The number of aromatic nitrogens is 2. The number of nitrogens with zero attached hydrogens (tertiary/aromatic N) is 4. The number of hydrogen-bond donors (Lipinski definition) is 0. The van der Waals surface area contributed by atoms with Crippen LogP contribution in [0, 0.1) is 23.2 Å². The first-order chi connectivity index (χ1) is 14.2. The van der Waals surface area contributed by atoms with Gasteiger partial charge in [-0.25, -0.2) is 0 Å². The summed E-state index contributed by atoms with van der Waals surface area (Å²) in [7, 11) is 0.